The third kappa shape index (κ3) is 2.31. The zero-order valence-corrected chi connectivity index (χ0v) is 11.9. The molecule has 0 aliphatic carbocycles. The fourth-order valence-corrected chi connectivity index (χ4v) is 2.20. The van der Waals surface area contributed by atoms with Crippen molar-refractivity contribution in [2.45, 2.75) is 0 Å². The SMILES string of the molecule is COc1nc(-c2ccc(Br)cc2)nc2ccccc12. The van der Waals surface area contributed by atoms with E-state index in [1.54, 1.807) is 7.11 Å². The highest BCUT2D eigenvalue weighted by Gasteiger charge is 2.09. The zero-order valence-electron chi connectivity index (χ0n) is 10.3. The number of aromatic nitrogens is 2. The van der Waals surface area contributed by atoms with Gasteiger partial charge in [0, 0.05) is 10.0 Å². The molecule has 0 amide bonds. The molecule has 0 atom stereocenters. The van der Waals surface area contributed by atoms with Crippen LogP contribution in [0, 0.1) is 0 Å². The molecule has 1 aromatic heterocycles. The summed E-state index contributed by atoms with van der Waals surface area (Å²) in [6, 6.07) is 15.7. The Balaban J connectivity index is 2.22. The molecule has 0 saturated carbocycles. The molecule has 0 aliphatic heterocycles. The summed E-state index contributed by atoms with van der Waals surface area (Å²) in [6.45, 7) is 0. The smallest absolute Gasteiger partial charge is 0.224 e. The molecule has 19 heavy (non-hydrogen) atoms. The van der Waals surface area contributed by atoms with Gasteiger partial charge in [-0.05, 0) is 24.3 Å². The molecule has 94 valence electrons. The highest BCUT2D eigenvalue weighted by atomic mass is 79.9. The molecule has 0 fully saturated rings. The molecule has 1 heterocycles. The van der Waals surface area contributed by atoms with E-state index in [9.17, 15) is 0 Å². The first-order valence-electron chi connectivity index (χ1n) is 5.84. The number of benzene rings is 2. The lowest BCUT2D eigenvalue weighted by atomic mass is 10.2. The Morgan fingerprint density at radius 2 is 1.68 bits per heavy atom. The summed E-state index contributed by atoms with van der Waals surface area (Å²) in [5, 5.41) is 0.922. The van der Waals surface area contributed by atoms with Gasteiger partial charge in [-0.15, -0.1) is 0 Å². The van der Waals surface area contributed by atoms with Crippen LogP contribution in [-0.4, -0.2) is 17.1 Å². The first-order chi connectivity index (χ1) is 9.28. The van der Waals surface area contributed by atoms with E-state index in [0.717, 1.165) is 20.9 Å². The van der Waals surface area contributed by atoms with Gasteiger partial charge in [-0.1, -0.05) is 40.2 Å². The Labute approximate surface area is 119 Å². The summed E-state index contributed by atoms with van der Waals surface area (Å²) in [7, 11) is 1.63. The van der Waals surface area contributed by atoms with Crippen molar-refractivity contribution in [2.24, 2.45) is 0 Å². The minimum absolute atomic E-state index is 0.600. The fourth-order valence-electron chi connectivity index (χ4n) is 1.93. The summed E-state index contributed by atoms with van der Waals surface area (Å²) in [5.74, 6) is 1.27. The van der Waals surface area contributed by atoms with Crippen molar-refractivity contribution in [3.63, 3.8) is 0 Å². The predicted octanol–water partition coefficient (Wildman–Crippen LogP) is 4.07. The van der Waals surface area contributed by atoms with E-state index in [4.69, 9.17) is 4.74 Å². The summed E-state index contributed by atoms with van der Waals surface area (Å²) in [4.78, 5) is 9.05. The molecule has 3 rings (SSSR count). The lowest BCUT2D eigenvalue weighted by molar-refractivity contribution is 0.403. The quantitative estimate of drug-likeness (QED) is 0.715. The van der Waals surface area contributed by atoms with Crippen molar-refractivity contribution in [3.8, 4) is 17.3 Å². The Bertz CT molecular complexity index is 726. The van der Waals surface area contributed by atoms with Crippen molar-refractivity contribution in [1.82, 2.24) is 9.97 Å². The average Bonchev–Trinajstić information content (AvgIpc) is 2.47. The molecule has 0 bridgehead atoms. The molecule has 0 aliphatic rings. The van der Waals surface area contributed by atoms with Crippen LogP contribution in [0.15, 0.2) is 53.0 Å². The van der Waals surface area contributed by atoms with E-state index >= 15 is 0 Å². The second kappa shape index (κ2) is 4.97. The maximum Gasteiger partial charge on any atom is 0.224 e. The van der Waals surface area contributed by atoms with Gasteiger partial charge in [-0.2, -0.15) is 4.98 Å². The standard InChI is InChI=1S/C15H11BrN2O/c1-19-15-12-4-2-3-5-13(12)17-14(18-15)10-6-8-11(16)9-7-10/h2-9H,1H3. The fraction of sp³-hybridized carbons (Fsp3) is 0.0667. The van der Waals surface area contributed by atoms with E-state index in [1.807, 2.05) is 48.5 Å². The summed E-state index contributed by atoms with van der Waals surface area (Å²) in [6.07, 6.45) is 0. The molecule has 3 aromatic rings. The minimum Gasteiger partial charge on any atom is -0.480 e. The molecule has 0 radical (unpaired) electrons. The number of halogens is 1. The van der Waals surface area contributed by atoms with Crippen LogP contribution in [0.2, 0.25) is 0 Å². The van der Waals surface area contributed by atoms with Crippen LogP contribution in [0.3, 0.4) is 0 Å². The summed E-state index contributed by atoms with van der Waals surface area (Å²) < 4.78 is 6.38. The van der Waals surface area contributed by atoms with E-state index in [1.165, 1.54) is 0 Å². The second-order valence-electron chi connectivity index (χ2n) is 4.08. The van der Waals surface area contributed by atoms with Crippen LogP contribution < -0.4 is 4.74 Å². The molecule has 0 spiro atoms. The van der Waals surface area contributed by atoms with Crippen LogP contribution in [0.25, 0.3) is 22.3 Å². The summed E-state index contributed by atoms with van der Waals surface area (Å²) in [5.41, 5.74) is 1.85. The van der Waals surface area contributed by atoms with E-state index in [-0.39, 0.29) is 0 Å². The van der Waals surface area contributed by atoms with Gasteiger partial charge < -0.3 is 4.74 Å². The first kappa shape index (κ1) is 12.1. The van der Waals surface area contributed by atoms with Gasteiger partial charge in [0.1, 0.15) is 0 Å². The van der Waals surface area contributed by atoms with Crippen molar-refractivity contribution < 1.29 is 4.74 Å². The third-order valence-corrected chi connectivity index (χ3v) is 3.39. The van der Waals surface area contributed by atoms with Gasteiger partial charge >= 0.3 is 0 Å². The van der Waals surface area contributed by atoms with Crippen molar-refractivity contribution >= 4 is 26.8 Å². The van der Waals surface area contributed by atoms with Crippen LogP contribution >= 0.6 is 15.9 Å². The van der Waals surface area contributed by atoms with E-state index in [2.05, 4.69) is 25.9 Å². The first-order valence-corrected chi connectivity index (χ1v) is 6.64. The topological polar surface area (TPSA) is 35.0 Å². The Kier molecular flexibility index (Phi) is 3.17. The van der Waals surface area contributed by atoms with Gasteiger partial charge in [0.2, 0.25) is 5.88 Å². The molecule has 2 aromatic carbocycles. The highest BCUT2D eigenvalue weighted by Crippen LogP contribution is 2.26. The lowest BCUT2D eigenvalue weighted by Gasteiger charge is -2.07. The van der Waals surface area contributed by atoms with Crippen LogP contribution in [0.1, 0.15) is 0 Å². The van der Waals surface area contributed by atoms with Crippen LogP contribution in [-0.2, 0) is 0 Å². The number of ether oxygens (including phenoxy) is 1. The Morgan fingerprint density at radius 3 is 2.42 bits per heavy atom. The van der Waals surface area contributed by atoms with Gasteiger partial charge in [0.05, 0.1) is 18.0 Å². The minimum atomic E-state index is 0.600. The van der Waals surface area contributed by atoms with Crippen molar-refractivity contribution in [2.75, 3.05) is 7.11 Å². The third-order valence-electron chi connectivity index (χ3n) is 2.86. The van der Waals surface area contributed by atoms with Gasteiger partial charge in [0.15, 0.2) is 5.82 Å². The van der Waals surface area contributed by atoms with E-state index < -0.39 is 0 Å². The van der Waals surface area contributed by atoms with Gasteiger partial charge in [-0.25, -0.2) is 4.98 Å². The molecular formula is C15H11BrN2O. The second-order valence-corrected chi connectivity index (χ2v) is 5.00. The number of hydrogen-bond acceptors (Lipinski definition) is 3. The molecule has 4 heteroatoms. The van der Waals surface area contributed by atoms with Gasteiger partial charge in [-0.3, -0.25) is 0 Å². The van der Waals surface area contributed by atoms with Gasteiger partial charge in [0.25, 0.3) is 0 Å². The maximum atomic E-state index is 5.35. The highest BCUT2D eigenvalue weighted by molar-refractivity contribution is 9.10. The molecule has 0 N–H and O–H groups in total. The monoisotopic (exact) mass is 314 g/mol. The Morgan fingerprint density at radius 1 is 0.947 bits per heavy atom. The lowest BCUT2D eigenvalue weighted by Crippen LogP contribution is -1.95. The van der Waals surface area contributed by atoms with Crippen LogP contribution in [0.5, 0.6) is 5.88 Å². The summed E-state index contributed by atoms with van der Waals surface area (Å²) >= 11 is 3.42. The molecule has 3 nitrogen and oxygen atoms in total. The number of rotatable bonds is 2. The number of methoxy groups -OCH3 is 1. The maximum absolute atomic E-state index is 5.35. The predicted molar refractivity (Wildman–Crippen MR) is 79.2 cm³/mol. The van der Waals surface area contributed by atoms with Crippen molar-refractivity contribution in [1.29, 1.82) is 0 Å². The largest absolute Gasteiger partial charge is 0.480 e. The number of para-hydroxylation sites is 1. The number of hydrogen-bond donors (Lipinski definition) is 0. The van der Waals surface area contributed by atoms with E-state index in [0.29, 0.717) is 11.7 Å². The molecular weight excluding hydrogens is 304 g/mol. The van der Waals surface area contributed by atoms with Crippen molar-refractivity contribution in [3.05, 3.63) is 53.0 Å². The Hall–Kier alpha value is -1.94. The molecule has 0 saturated heterocycles. The van der Waals surface area contributed by atoms with Crippen LogP contribution in [0.4, 0.5) is 0 Å². The zero-order chi connectivity index (χ0) is 13.2. The molecule has 0 unspecified atom stereocenters. The average molecular weight is 315 g/mol. The normalized spacial score (nSPS) is 10.6. The number of nitrogens with zero attached hydrogens (tertiary/aromatic N) is 2. The number of fused-ring (bicyclic) bond motifs is 1.